The van der Waals surface area contributed by atoms with Crippen molar-refractivity contribution in [3.05, 3.63) is 77.6 Å². The molecule has 0 aliphatic carbocycles. The van der Waals surface area contributed by atoms with E-state index in [1.807, 2.05) is 30.4 Å². The highest BCUT2D eigenvalue weighted by Crippen LogP contribution is 2.34. The lowest BCUT2D eigenvalue weighted by molar-refractivity contribution is 0.0729. The number of hydrogen-bond donors (Lipinski definition) is 0. The Bertz CT molecular complexity index is 1030. The van der Waals surface area contributed by atoms with Crippen LogP contribution in [0.15, 0.2) is 60.9 Å². The Morgan fingerprint density at radius 2 is 1.71 bits per heavy atom. The molecule has 1 aromatic heterocycles. The number of esters is 1. The van der Waals surface area contributed by atoms with Gasteiger partial charge < -0.3 is 18.9 Å². The molecule has 28 heavy (non-hydrogen) atoms. The molecule has 1 aliphatic rings. The van der Waals surface area contributed by atoms with Crippen LogP contribution in [0.2, 0.25) is 0 Å². The zero-order valence-corrected chi connectivity index (χ0v) is 15.1. The summed E-state index contributed by atoms with van der Waals surface area (Å²) >= 11 is 0. The maximum Gasteiger partial charge on any atom is 0.343 e. The summed E-state index contributed by atoms with van der Waals surface area (Å²) in [5, 5.41) is 0. The van der Waals surface area contributed by atoms with E-state index in [0.29, 0.717) is 28.6 Å². The molecule has 0 fully saturated rings. The largest absolute Gasteiger partial charge is 0.493 e. The molecule has 2 aromatic carbocycles. The van der Waals surface area contributed by atoms with Crippen LogP contribution in [0.3, 0.4) is 0 Å². The van der Waals surface area contributed by atoms with E-state index in [4.69, 9.17) is 18.9 Å². The molecule has 0 saturated heterocycles. The minimum atomic E-state index is -0.503. The fourth-order valence-electron chi connectivity index (χ4n) is 2.72. The standard InChI is InChI=1S/C22H17NO5/c1-25-20-12-16(3-2-15-8-10-23-11-9-15)4-6-19(20)28-22(24)17-5-7-18-21(13-17)27-14-26-18/h2-13H,14H2,1H3/b3-2+. The Balaban J connectivity index is 1.51. The summed E-state index contributed by atoms with van der Waals surface area (Å²) in [5.74, 6) is 1.44. The lowest BCUT2D eigenvalue weighted by Crippen LogP contribution is -2.09. The van der Waals surface area contributed by atoms with E-state index in [0.717, 1.165) is 11.1 Å². The van der Waals surface area contributed by atoms with Crippen LogP contribution < -0.4 is 18.9 Å². The monoisotopic (exact) mass is 375 g/mol. The van der Waals surface area contributed by atoms with E-state index in [2.05, 4.69) is 4.98 Å². The third kappa shape index (κ3) is 3.81. The van der Waals surface area contributed by atoms with Crippen LogP contribution in [-0.4, -0.2) is 24.9 Å². The van der Waals surface area contributed by atoms with Crippen LogP contribution >= 0.6 is 0 Å². The number of ether oxygens (including phenoxy) is 4. The first-order valence-corrected chi connectivity index (χ1v) is 8.61. The number of rotatable bonds is 5. The third-order valence-corrected chi connectivity index (χ3v) is 4.17. The summed E-state index contributed by atoms with van der Waals surface area (Å²) in [5.41, 5.74) is 2.32. The Morgan fingerprint density at radius 3 is 2.54 bits per heavy atom. The minimum absolute atomic E-state index is 0.149. The van der Waals surface area contributed by atoms with Crippen molar-refractivity contribution in [3.8, 4) is 23.0 Å². The maximum absolute atomic E-state index is 12.5. The molecule has 0 radical (unpaired) electrons. The van der Waals surface area contributed by atoms with Crippen molar-refractivity contribution in [1.82, 2.24) is 4.98 Å². The van der Waals surface area contributed by atoms with Crippen molar-refractivity contribution >= 4 is 18.1 Å². The number of hydrogen-bond acceptors (Lipinski definition) is 6. The van der Waals surface area contributed by atoms with E-state index >= 15 is 0 Å². The number of pyridine rings is 1. The fourth-order valence-corrected chi connectivity index (χ4v) is 2.72. The van der Waals surface area contributed by atoms with Crippen LogP contribution in [0, 0.1) is 0 Å². The average molecular weight is 375 g/mol. The van der Waals surface area contributed by atoms with Crippen LogP contribution in [-0.2, 0) is 0 Å². The third-order valence-electron chi connectivity index (χ3n) is 4.17. The van der Waals surface area contributed by atoms with Gasteiger partial charge in [-0.05, 0) is 53.6 Å². The molecule has 0 bridgehead atoms. The number of carbonyl (C=O) groups is 1. The van der Waals surface area contributed by atoms with Gasteiger partial charge in [0.15, 0.2) is 23.0 Å². The second-order valence-corrected chi connectivity index (χ2v) is 5.98. The summed E-state index contributed by atoms with van der Waals surface area (Å²) in [4.78, 5) is 16.5. The average Bonchev–Trinajstić information content (AvgIpc) is 3.21. The second-order valence-electron chi connectivity index (χ2n) is 5.98. The number of carbonyl (C=O) groups excluding carboxylic acids is 1. The van der Waals surface area contributed by atoms with Crippen LogP contribution in [0.5, 0.6) is 23.0 Å². The fraction of sp³-hybridized carbons (Fsp3) is 0.0909. The molecule has 6 nitrogen and oxygen atoms in total. The molecule has 2 heterocycles. The van der Waals surface area contributed by atoms with E-state index in [9.17, 15) is 4.79 Å². The molecule has 0 saturated carbocycles. The van der Waals surface area contributed by atoms with Gasteiger partial charge in [-0.15, -0.1) is 0 Å². The molecule has 0 amide bonds. The van der Waals surface area contributed by atoms with E-state index in [1.54, 1.807) is 42.7 Å². The highest BCUT2D eigenvalue weighted by molar-refractivity contribution is 5.92. The van der Waals surface area contributed by atoms with Gasteiger partial charge in [-0.2, -0.15) is 0 Å². The van der Waals surface area contributed by atoms with Gasteiger partial charge in [0.1, 0.15) is 0 Å². The molecule has 1 aliphatic heterocycles. The first kappa shape index (κ1) is 17.6. The van der Waals surface area contributed by atoms with Gasteiger partial charge in [-0.1, -0.05) is 18.2 Å². The van der Waals surface area contributed by atoms with Crippen molar-refractivity contribution in [2.45, 2.75) is 0 Å². The normalized spacial score (nSPS) is 12.2. The topological polar surface area (TPSA) is 66.9 Å². The molecule has 6 heteroatoms. The summed E-state index contributed by atoms with van der Waals surface area (Å²) in [6, 6.07) is 14.1. The molecule has 0 N–H and O–H groups in total. The summed E-state index contributed by atoms with van der Waals surface area (Å²) in [6.07, 6.45) is 7.38. The molecule has 4 rings (SSSR count). The number of nitrogens with zero attached hydrogens (tertiary/aromatic N) is 1. The molecule has 0 spiro atoms. The van der Waals surface area contributed by atoms with E-state index < -0.39 is 5.97 Å². The van der Waals surface area contributed by atoms with Crippen LogP contribution in [0.4, 0.5) is 0 Å². The van der Waals surface area contributed by atoms with Crippen molar-refractivity contribution in [2.75, 3.05) is 13.9 Å². The lowest BCUT2D eigenvalue weighted by atomic mass is 10.1. The highest BCUT2D eigenvalue weighted by atomic mass is 16.7. The van der Waals surface area contributed by atoms with Crippen molar-refractivity contribution in [3.63, 3.8) is 0 Å². The molecular weight excluding hydrogens is 358 g/mol. The zero-order chi connectivity index (χ0) is 19.3. The SMILES string of the molecule is COc1cc(/C=C/c2ccncc2)ccc1OC(=O)c1ccc2c(c1)OCO2. The zero-order valence-electron chi connectivity index (χ0n) is 15.1. The Hall–Kier alpha value is -3.80. The lowest BCUT2D eigenvalue weighted by Gasteiger charge is -2.10. The van der Waals surface area contributed by atoms with Gasteiger partial charge in [0.2, 0.25) is 6.79 Å². The van der Waals surface area contributed by atoms with E-state index in [-0.39, 0.29) is 6.79 Å². The molecule has 140 valence electrons. The Labute approximate surface area is 162 Å². The minimum Gasteiger partial charge on any atom is -0.493 e. The second kappa shape index (κ2) is 7.84. The molecule has 0 unspecified atom stereocenters. The van der Waals surface area contributed by atoms with Gasteiger partial charge in [0.25, 0.3) is 0 Å². The summed E-state index contributed by atoms with van der Waals surface area (Å²) < 4.78 is 21.4. The van der Waals surface area contributed by atoms with Gasteiger partial charge >= 0.3 is 5.97 Å². The number of aromatic nitrogens is 1. The van der Waals surface area contributed by atoms with Crippen molar-refractivity contribution in [2.24, 2.45) is 0 Å². The summed E-state index contributed by atoms with van der Waals surface area (Å²) in [6.45, 7) is 0.149. The number of methoxy groups -OCH3 is 1. The summed E-state index contributed by atoms with van der Waals surface area (Å²) in [7, 11) is 1.53. The smallest absolute Gasteiger partial charge is 0.343 e. The molecule has 3 aromatic rings. The predicted molar refractivity (Wildman–Crippen MR) is 104 cm³/mol. The van der Waals surface area contributed by atoms with Gasteiger partial charge in [0.05, 0.1) is 12.7 Å². The first-order chi connectivity index (χ1) is 13.7. The predicted octanol–water partition coefficient (Wildman–Crippen LogP) is 4.21. The Morgan fingerprint density at radius 1 is 0.929 bits per heavy atom. The van der Waals surface area contributed by atoms with Crippen LogP contribution in [0.25, 0.3) is 12.2 Å². The van der Waals surface area contributed by atoms with Crippen molar-refractivity contribution < 1.29 is 23.7 Å². The molecular formula is C22H17NO5. The highest BCUT2D eigenvalue weighted by Gasteiger charge is 2.18. The quantitative estimate of drug-likeness (QED) is 0.492. The number of fused-ring (bicyclic) bond motifs is 1. The van der Waals surface area contributed by atoms with Gasteiger partial charge in [0, 0.05) is 12.4 Å². The Kier molecular flexibility index (Phi) is 4.93. The first-order valence-electron chi connectivity index (χ1n) is 8.61. The van der Waals surface area contributed by atoms with Crippen molar-refractivity contribution in [1.29, 1.82) is 0 Å². The maximum atomic E-state index is 12.5. The van der Waals surface area contributed by atoms with Gasteiger partial charge in [-0.25, -0.2) is 4.79 Å². The van der Waals surface area contributed by atoms with Crippen LogP contribution in [0.1, 0.15) is 21.5 Å². The van der Waals surface area contributed by atoms with Gasteiger partial charge in [-0.3, -0.25) is 4.98 Å². The van der Waals surface area contributed by atoms with E-state index in [1.165, 1.54) is 7.11 Å². The number of benzene rings is 2. The molecule has 0 atom stereocenters.